The lowest BCUT2D eigenvalue weighted by Crippen LogP contribution is -2.45. The van der Waals surface area contributed by atoms with Crippen LogP contribution in [0.2, 0.25) is 0 Å². The van der Waals surface area contributed by atoms with Gasteiger partial charge in [0.25, 0.3) is 5.91 Å². The van der Waals surface area contributed by atoms with E-state index in [0.717, 1.165) is 0 Å². The number of nitrogens with zero attached hydrogens (tertiary/aromatic N) is 2. The largest absolute Gasteiger partial charge is 0.497 e. The van der Waals surface area contributed by atoms with Crippen LogP contribution in [-0.4, -0.2) is 56.5 Å². The third kappa shape index (κ3) is 4.37. The zero-order valence-corrected chi connectivity index (χ0v) is 17.5. The summed E-state index contributed by atoms with van der Waals surface area (Å²) in [6.45, 7) is 1.67. The molecule has 1 atom stereocenters. The number of fused-ring (bicyclic) bond motifs is 1. The van der Waals surface area contributed by atoms with E-state index < -0.39 is 0 Å². The van der Waals surface area contributed by atoms with E-state index in [4.69, 9.17) is 9.47 Å². The second-order valence-electron chi connectivity index (χ2n) is 7.14. The Bertz CT molecular complexity index is 953. The van der Waals surface area contributed by atoms with E-state index in [0.29, 0.717) is 28.4 Å². The number of carbonyl (C=O) groups is 3. The Hall–Kier alpha value is -3.55. The maximum atomic E-state index is 13.2. The smallest absolute Gasteiger partial charge is 0.254 e. The van der Waals surface area contributed by atoms with Crippen molar-refractivity contribution in [2.75, 3.05) is 38.0 Å². The van der Waals surface area contributed by atoms with Gasteiger partial charge in [0.05, 0.1) is 25.6 Å². The molecule has 0 saturated carbocycles. The highest BCUT2D eigenvalue weighted by Gasteiger charge is 2.30. The minimum Gasteiger partial charge on any atom is -0.497 e. The highest BCUT2D eigenvalue weighted by atomic mass is 16.5. The first kappa shape index (κ1) is 21.2. The Morgan fingerprint density at radius 1 is 1.13 bits per heavy atom. The molecule has 0 bridgehead atoms. The van der Waals surface area contributed by atoms with Gasteiger partial charge in [-0.3, -0.25) is 14.4 Å². The van der Waals surface area contributed by atoms with Crippen LogP contribution in [0.5, 0.6) is 11.5 Å². The molecule has 30 heavy (non-hydrogen) atoms. The molecule has 1 aliphatic heterocycles. The van der Waals surface area contributed by atoms with Gasteiger partial charge >= 0.3 is 0 Å². The summed E-state index contributed by atoms with van der Waals surface area (Å²) in [7, 11) is 4.57. The highest BCUT2D eigenvalue weighted by molar-refractivity contribution is 6.06. The number of rotatable bonds is 5. The van der Waals surface area contributed by atoms with Crippen LogP contribution in [0.15, 0.2) is 42.5 Å². The van der Waals surface area contributed by atoms with Crippen molar-refractivity contribution in [2.24, 2.45) is 0 Å². The number of hydrogen-bond acceptors (Lipinski definition) is 5. The molecule has 0 fully saturated rings. The average molecular weight is 411 g/mol. The molecular weight excluding hydrogens is 386 g/mol. The molecule has 2 aromatic rings. The lowest BCUT2D eigenvalue weighted by molar-refractivity contribution is -0.119. The van der Waals surface area contributed by atoms with Crippen molar-refractivity contribution in [1.29, 1.82) is 0 Å². The Balaban J connectivity index is 1.83. The van der Waals surface area contributed by atoms with Crippen molar-refractivity contribution in [3.8, 4) is 11.5 Å². The fraction of sp³-hybridized carbons (Fsp3) is 0.318. The minimum atomic E-state index is -0.346. The summed E-state index contributed by atoms with van der Waals surface area (Å²) in [6.07, 6.45) is 0.172. The fourth-order valence-corrected chi connectivity index (χ4v) is 3.47. The lowest BCUT2D eigenvalue weighted by Gasteiger charge is -2.29. The molecule has 0 aliphatic carbocycles. The molecular formula is C22H25N3O5. The Labute approximate surface area is 175 Å². The second kappa shape index (κ2) is 8.86. The number of likely N-dealkylation sites (N-methyl/N-ethyl adjacent to an activating group) is 1. The van der Waals surface area contributed by atoms with Crippen molar-refractivity contribution in [3.05, 3.63) is 48.0 Å². The van der Waals surface area contributed by atoms with E-state index in [1.54, 1.807) is 54.4 Å². The molecule has 0 spiro atoms. The summed E-state index contributed by atoms with van der Waals surface area (Å²) >= 11 is 0. The first-order valence-electron chi connectivity index (χ1n) is 9.53. The third-order valence-corrected chi connectivity index (χ3v) is 4.95. The lowest BCUT2D eigenvalue weighted by atomic mass is 10.1. The van der Waals surface area contributed by atoms with E-state index in [2.05, 4.69) is 5.32 Å². The molecule has 2 aromatic carbocycles. The quantitative estimate of drug-likeness (QED) is 0.817. The topological polar surface area (TPSA) is 88.2 Å². The molecule has 0 aromatic heterocycles. The van der Waals surface area contributed by atoms with Crippen LogP contribution in [0.3, 0.4) is 0 Å². The zero-order chi connectivity index (χ0) is 21.8. The van der Waals surface area contributed by atoms with Gasteiger partial charge in [-0.2, -0.15) is 0 Å². The summed E-state index contributed by atoms with van der Waals surface area (Å²) in [5.74, 6) is 0.190. The van der Waals surface area contributed by atoms with Gasteiger partial charge in [0.2, 0.25) is 11.8 Å². The summed E-state index contributed by atoms with van der Waals surface area (Å²) in [4.78, 5) is 41.1. The molecule has 1 heterocycles. The molecule has 0 unspecified atom stereocenters. The van der Waals surface area contributed by atoms with Gasteiger partial charge in [-0.15, -0.1) is 0 Å². The number of methoxy groups -OCH3 is 2. The van der Waals surface area contributed by atoms with E-state index in [1.807, 2.05) is 6.92 Å². The molecule has 158 valence electrons. The van der Waals surface area contributed by atoms with Crippen LogP contribution in [0, 0.1) is 0 Å². The van der Waals surface area contributed by atoms with Gasteiger partial charge in [-0.1, -0.05) is 12.1 Å². The molecule has 8 nitrogen and oxygen atoms in total. The van der Waals surface area contributed by atoms with Crippen molar-refractivity contribution in [1.82, 2.24) is 4.90 Å². The van der Waals surface area contributed by atoms with Crippen LogP contribution in [0.1, 0.15) is 23.7 Å². The van der Waals surface area contributed by atoms with Gasteiger partial charge in [0, 0.05) is 31.1 Å². The number of carbonyl (C=O) groups excluding carboxylic acids is 3. The predicted octanol–water partition coefficient (Wildman–Crippen LogP) is 2.54. The van der Waals surface area contributed by atoms with Gasteiger partial charge in [-0.05, 0) is 31.2 Å². The number of benzene rings is 2. The fourth-order valence-electron chi connectivity index (χ4n) is 3.47. The standard InChI is InChI=1S/C22H25N3O5/c1-14-9-20(26)23-18-7-5-6-8-19(18)25(14)21(27)13-24(2)22(28)15-10-16(29-3)12-17(11-15)30-4/h5-8,10-12,14H,9,13H2,1-4H3,(H,23,26)/t14-/m0/s1. The Kier molecular flexibility index (Phi) is 6.25. The minimum absolute atomic E-state index is 0.148. The first-order valence-corrected chi connectivity index (χ1v) is 9.53. The van der Waals surface area contributed by atoms with E-state index in [9.17, 15) is 14.4 Å². The van der Waals surface area contributed by atoms with E-state index >= 15 is 0 Å². The van der Waals surface area contributed by atoms with Gasteiger partial charge < -0.3 is 24.6 Å². The van der Waals surface area contributed by atoms with E-state index in [-0.39, 0.29) is 36.7 Å². The SMILES string of the molecule is COc1cc(OC)cc(C(=O)N(C)CC(=O)N2c3ccccc3NC(=O)C[C@@H]2C)c1. The summed E-state index contributed by atoms with van der Waals surface area (Å²) < 4.78 is 10.4. The van der Waals surface area contributed by atoms with Crippen LogP contribution in [-0.2, 0) is 9.59 Å². The molecule has 0 radical (unpaired) electrons. The predicted molar refractivity (Wildman–Crippen MR) is 113 cm³/mol. The van der Waals surface area contributed by atoms with Gasteiger partial charge in [0.1, 0.15) is 18.0 Å². The van der Waals surface area contributed by atoms with Crippen molar-refractivity contribution in [2.45, 2.75) is 19.4 Å². The average Bonchev–Trinajstić information content (AvgIpc) is 2.86. The number of amides is 3. The number of nitrogens with one attached hydrogen (secondary N) is 1. The van der Waals surface area contributed by atoms with Crippen molar-refractivity contribution < 1.29 is 23.9 Å². The van der Waals surface area contributed by atoms with Crippen LogP contribution < -0.4 is 19.7 Å². The summed E-state index contributed by atoms with van der Waals surface area (Å²) in [6, 6.07) is 11.6. The number of hydrogen-bond donors (Lipinski definition) is 1. The highest BCUT2D eigenvalue weighted by Crippen LogP contribution is 2.31. The van der Waals surface area contributed by atoms with Gasteiger partial charge in [-0.25, -0.2) is 0 Å². The van der Waals surface area contributed by atoms with Crippen molar-refractivity contribution in [3.63, 3.8) is 0 Å². The van der Waals surface area contributed by atoms with Crippen LogP contribution in [0.4, 0.5) is 11.4 Å². The zero-order valence-electron chi connectivity index (χ0n) is 17.5. The van der Waals surface area contributed by atoms with Crippen LogP contribution in [0.25, 0.3) is 0 Å². The molecule has 1 N–H and O–H groups in total. The second-order valence-corrected chi connectivity index (χ2v) is 7.14. The van der Waals surface area contributed by atoms with Crippen LogP contribution >= 0.6 is 0 Å². The number of para-hydroxylation sites is 2. The Morgan fingerprint density at radius 2 is 1.77 bits per heavy atom. The maximum Gasteiger partial charge on any atom is 0.254 e. The molecule has 0 saturated heterocycles. The molecule has 1 aliphatic rings. The maximum absolute atomic E-state index is 13.2. The van der Waals surface area contributed by atoms with Crippen molar-refractivity contribution >= 4 is 29.1 Å². The third-order valence-electron chi connectivity index (χ3n) is 4.95. The Morgan fingerprint density at radius 3 is 2.40 bits per heavy atom. The number of ether oxygens (including phenoxy) is 2. The van der Waals surface area contributed by atoms with Gasteiger partial charge in [0.15, 0.2) is 0 Å². The van der Waals surface area contributed by atoms with E-state index in [1.165, 1.54) is 19.1 Å². The number of anilines is 2. The molecule has 8 heteroatoms. The summed E-state index contributed by atoms with van der Waals surface area (Å²) in [5, 5.41) is 2.82. The summed E-state index contributed by atoms with van der Waals surface area (Å²) in [5.41, 5.74) is 1.54. The molecule has 3 amide bonds. The monoisotopic (exact) mass is 411 g/mol. The molecule has 3 rings (SSSR count). The first-order chi connectivity index (χ1) is 14.3. The normalized spacial score (nSPS) is 15.5.